The first-order chi connectivity index (χ1) is 10.9. The zero-order valence-electron chi connectivity index (χ0n) is 13.4. The van der Waals surface area contributed by atoms with E-state index < -0.39 is 10.0 Å². The van der Waals surface area contributed by atoms with Gasteiger partial charge in [0.15, 0.2) is 0 Å². The van der Waals surface area contributed by atoms with Crippen molar-refractivity contribution in [1.29, 1.82) is 0 Å². The van der Waals surface area contributed by atoms with Crippen LogP contribution >= 0.6 is 0 Å². The van der Waals surface area contributed by atoms with Crippen LogP contribution < -0.4 is 10.5 Å². The molecule has 2 amide bonds. The Morgan fingerprint density at radius 2 is 1.70 bits per heavy atom. The van der Waals surface area contributed by atoms with Crippen molar-refractivity contribution in [2.24, 2.45) is 5.14 Å². The third-order valence-corrected chi connectivity index (χ3v) is 4.68. The summed E-state index contributed by atoms with van der Waals surface area (Å²) in [4.78, 5) is 16.3. The van der Waals surface area contributed by atoms with Gasteiger partial charge in [-0.05, 0) is 17.7 Å². The van der Waals surface area contributed by atoms with Gasteiger partial charge in [-0.15, -0.1) is 0 Å². The average Bonchev–Trinajstić information content (AvgIpc) is 2.52. The summed E-state index contributed by atoms with van der Waals surface area (Å²) in [7, 11) is -3.52. The molecule has 1 fully saturated rings. The molecule has 0 aromatic heterocycles. The average molecular weight is 340 g/mol. The molecule has 7 nitrogen and oxygen atoms in total. The number of amides is 2. The number of nitrogens with one attached hydrogen (secondary N) is 1. The minimum atomic E-state index is -3.52. The van der Waals surface area contributed by atoms with E-state index in [-0.39, 0.29) is 11.8 Å². The fourth-order valence-electron chi connectivity index (χ4n) is 2.54. The summed E-state index contributed by atoms with van der Waals surface area (Å²) in [6.07, 6.45) is 0. The van der Waals surface area contributed by atoms with Gasteiger partial charge in [-0.2, -0.15) is 0 Å². The van der Waals surface area contributed by atoms with Crippen LogP contribution in [-0.2, 0) is 22.3 Å². The SMILES string of the molecule is CCN1CCN(C(=O)NCc2ccc(CS(N)(=O)=O)cc2)CC1. The number of hydrogen-bond acceptors (Lipinski definition) is 4. The number of nitrogens with two attached hydrogens (primary N) is 1. The molecule has 0 atom stereocenters. The number of hydrogen-bond donors (Lipinski definition) is 2. The Hall–Kier alpha value is -1.64. The highest BCUT2D eigenvalue weighted by Gasteiger charge is 2.19. The van der Waals surface area contributed by atoms with Gasteiger partial charge in [-0.3, -0.25) is 0 Å². The first-order valence-corrected chi connectivity index (χ1v) is 9.42. The Morgan fingerprint density at radius 1 is 1.13 bits per heavy atom. The molecule has 0 bridgehead atoms. The molecule has 0 spiro atoms. The molecule has 128 valence electrons. The van der Waals surface area contributed by atoms with Crippen LogP contribution in [0.3, 0.4) is 0 Å². The Bertz CT molecular complexity index is 623. The molecule has 1 saturated heterocycles. The highest BCUT2D eigenvalue weighted by Crippen LogP contribution is 2.07. The van der Waals surface area contributed by atoms with Crippen LogP contribution in [0.4, 0.5) is 4.79 Å². The molecule has 1 aromatic rings. The van der Waals surface area contributed by atoms with Gasteiger partial charge >= 0.3 is 6.03 Å². The standard InChI is InChI=1S/C15H24N4O3S/c1-2-18-7-9-19(10-8-18)15(20)17-11-13-3-5-14(6-4-13)12-23(16,21)22/h3-6H,2,7-12H2,1H3,(H,17,20)(H2,16,21,22). The lowest BCUT2D eigenvalue weighted by Crippen LogP contribution is -2.51. The number of primary sulfonamides is 1. The number of carbonyl (C=O) groups excluding carboxylic acids is 1. The molecule has 1 heterocycles. The molecule has 1 aliphatic heterocycles. The number of urea groups is 1. The van der Waals surface area contributed by atoms with Crippen molar-refractivity contribution < 1.29 is 13.2 Å². The lowest BCUT2D eigenvalue weighted by molar-refractivity contribution is 0.142. The second-order valence-electron chi connectivity index (χ2n) is 5.70. The van der Waals surface area contributed by atoms with E-state index in [0.717, 1.165) is 38.3 Å². The van der Waals surface area contributed by atoms with E-state index in [1.165, 1.54) is 0 Å². The highest BCUT2D eigenvalue weighted by atomic mass is 32.2. The van der Waals surface area contributed by atoms with Gasteiger partial charge in [0.25, 0.3) is 0 Å². The van der Waals surface area contributed by atoms with Crippen LogP contribution in [0.2, 0.25) is 0 Å². The van der Waals surface area contributed by atoms with Gasteiger partial charge in [0, 0.05) is 32.7 Å². The summed E-state index contributed by atoms with van der Waals surface area (Å²) in [5, 5.41) is 7.91. The quantitative estimate of drug-likeness (QED) is 0.807. The molecule has 2 rings (SSSR count). The maximum atomic E-state index is 12.1. The first-order valence-electron chi connectivity index (χ1n) is 7.71. The summed E-state index contributed by atoms with van der Waals surface area (Å²) >= 11 is 0. The van der Waals surface area contributed by atoms with Crippen LogP contribution in [0.15, 0.2) is 24.3 Å². The smallest absolute Gasteiger partial charge is 0.317 e. The van der Waals surface area contributed by atoms with Crippen LogP contribution in [0.5, 0.6) is 0 Å². The van der Waals surface area contributed by atoms with Crippen LogP contribution in [0.1, 0.15) is 18.1 Å². The molecule has 1 aliphatic rings. The Kier molecular flexibility index (Phi) is 5.97. The van der Waals surface area contributed by atoms with Crippen molar-refractivity contribution in [2.75, 3.05) is 32.7 Å². The Morgan fingerprint density at radius 3 is 2.22 bits per heavy atom. The zero-order chi connectivity index (χ0) is 16.9. The van der Waals surface area contributed by atoms with Crippen molar-refractivity contribution in [3.63, 3.8) is 0 Å². The third-order valence-electron chi connectivity index (χ3n) is 3.94. The lowest BCUT2D eigenvalue weighted by atomic mass is 10.1. The van der Waals surface area contributed by atoms with E-state index in [0.29, 0.717) is 12.1 Å². The van der Waals surface area contributed by atoms with E-state index in [1.807, 2.05) is 4.90 Å². The normalized spacial score (nSPS) is 16.3. The van der Waals surface area contributed by atoms with Crippen LogP contribution in [-0.4, -0.2) is 57.0 Å². The van der Waals surface area contributed by atoms with Crippen LogP contribution in [0, 0.1) is 0 Å². The van der Waals surface area contributed by atoms with E-state index in [4.69, 9.17) is 5.14 Å². The molecular weight excluding hydrogens is 316 g/mol. The van der Waals surface area contributed by atoms with Crippen molar-refractivity contribution in [3.05, 3.63) is 35.4 Å². The van der Waals surface area contributed by atoms with Gasteiger partial charge in [0.2, 0.25) is 10.0 Å². The summed E-state index contributed by atoms with van der Waals surface area (Å²) in [6, 6.07) is 6.97. The van der Waals surface area contributed by atoms with E-state index in [9.17, 15) is 13.2 Å². The Balaban J connectivity index is 1.80. The van der Waals surface area contributed by atoms with E-state index >= 15 is 0 Å². The fraction of sp³-hybridized carbons (Fsp3) is 0.533. The number of likely N-dealkylation sites (N-methyl/N-ethyl adjacent to an activating group) is 1. The molecule has 23 heavy (non-hydrogen) atoms. The number of carbonyl (C=O) groups is 1. The van der Waals surface area contributed by atoms with Gasteiger partial charge in [0.1, 0.15) is 0 Å². The number of nitrogens with zero attached hydrogens (tertiary/aromatic N) is 2. The zero-order valence-corrected chi connectivity index (χ0v) is 14.2. The monoisotopic (exact) mass is 340 g/mol. The predicted molar refractivity (Wildman–Crippen MR) is 89.2 cm³/mol. The highest BCUT2D eigenvalue weighted by molar-refractivity contribution is 7.88. The van der Waals surface area contributed by atoms with Crippen LogP contribution in [0.25, 0.3) is 0 Å². The van der Waals surface area contributed by atoms with Crippen molar-refractivity contribution in [3.8, 4) is 0 Å². The largest absolute Gasteiger partial charge is 0.334 e. The topological polar surface area (TPSA) is 95.7 Å². The maximum absolute atomic E-state index is 12.1. The van der Waals surface area contributed by atoms with Crippen molar-refractivity contribution in [2.45, 2.75) is 19.2 Å². The minimum Gasteiger partial charge on any atom is -0.334 e. The summed E-state index contributed by atoms with van der Waals surface area (Å²) in [5.74, 6) is -0.179. The third kappa shape index (κ3) is 5.81. The van der Waals surface area contributed by atoms with Gasteiger partial charge < -0.3 is 15.1 Å². The van der Waals surface area contributed by atoms with E-state index in [2.05, 4.69) is 17.1 Å². The van der Waals surface area contributed by atoms with Crippen molar-refractivity contribution in [1.82, 2.24) is 15.1 Å². The second kappa shape index (κ2) is 7.76. The molecular formula is C15H24N4O3S. The van der Waals surface area contributed by atoms with Gasteiger partial charge in [0.05, 0.1) is 5.75 Å². The first kappa shape index (κ1) is 17.7. The maximum Gasteiger partial charge on any atom is 0.317 e. The molecule has 8 heteroatoms. The number of rotatable bonds is 5. The molecule has 0 aliphatic carbocycles. The number of sulfonamides is 1. The van der Waals surface area contributed by atoms with Crippen molar-refractivity contribution >= 4 is 16.1 Å². The molecule has 1 aromatic carbocycles. The molecule has 3 N–H and O–H groups in total. The predicted octanol–water partition coefficient (Wildman–Crippen LogP) is 0.322. The minimum absolute atomic E-state index is 0.0608. The van der Waals surface area contributed by atoms with Gasteiger partial charge in [-0.25, -0.2) is 18.4 Å². The number of benzene rings is 1. The molecule has 0 saturated carbocycles. The summed E-state index contributed by atoms with van der Waals surface area (Å²) < 4.78 is 22.1. The number of piperazine rings is 1. The van der Waals surface area contributed by atoms with E-state index in [1.54, 1.807) is 24.3 Å². The lowest BCUT2D eigenvalue weighted by Gasteiger charge is -2.34. The Labute approximate surface area is 137 Å². The summed E-state index contributed by atoms with van der Waals surface area (Å²) in [6.45, 7) is 6.86. The van der Waals surface area contributed by atoms with Gasteiger partial charge in [-0.1, -0.05) is 31.2 Å². The molecule has 0 unspecified atom stereocenters. The fourth-order valence-corrected chi connectivity index (χ4v) is 3.20. The molecule has 0 radical (unpaired) electrons. The summed E-state index contributed by atoms with van der Waals surface area (Å²) in [5.41, 5.74) is 1.56. The second-order valence-corrected chi connectivity index (χ2v) is 7.32.